The first-order valence-electron chi connectivity index (χ1n) is 15.9. The molecule has 0 aromatic heterocycles. The maximum absolute atomic E-state index is 13.9. The van der Waals surface area contributed by atoms with Crippen LogP contribution in [0.25, 0.3) is 0 Å². The van der Waals surface area contributed by atoms with Crippen LogP contribution >= 0.6 is 0 Å². The maximum Gasteiger partial charge on any atom is 0.262 e. The molecule has 2 aromatic carbocycles. The molecule has 1 aliphatic carbocycles. The number of fused-ring (bicyclic) bond motifs is 1. The second kappa shape index (κ2) is 15.0. The second-order valence-corrected chi connectivity index (χ2v) is 12.4. The Morgan fingerprint density at radius 2 is 1.78 bits per heavy atom. The number of ether oxygens (including phenoxy) is 4. The van der Waals surface area contributed by atoms with Crippen molar-refractivity contribution in [1.82, 2.24) is 15.1 Å². The molecule has 1 saturated heterocycles. The summed E-state index contributed by atoms with van der Waals surface area (Å²) in [4.78, 5) is 43.2. The Morgan fingerprint density at radius 1 is 1.00 bits per heavy atom. The van der Waals surface area contributed by atoms with E-state index in [1.165, 1.54) is 0 Å². The summed E-state index contributed by atoms with van der Waals surface area (Å²) in [5, 5.41) is 6.34. The van der Waals surface area contributed by atoms with Gasteiger partial charge in [-0.1, -0.05) is 6.07 Å². The molecule has 0 unspecified atom stereocenters. The number of amides is 3. The van der Waals surface area contributed by atoms with Crippen LogP contribution in [0.5, 0.6) is 17.2 Å². The normalized spacial score (nSPS) is 19.0. The van der Waals surface area contributed by atoms with Gasteiger partial charge in [-0.25, -0.2) is 0 Å². The molecule has 0 spiro atoms. The summed E-state index contributed by atoms with van der Waals surface area (Å²) in [5.74, 6) is 1.99. The Bertz CT molecular complexity index is 1360. The van der Waals surface area contributed by atoms with E-state index in [4.69, 9.17) is 18.9 Å². The van der Waals surface area contributed by atoms with Crippen LogP contribution in [-0.2, 0) is 20.7 Å². The van der Waals surface area contributed by atoms with E-state index in [0.29, 0.717) is 54.8 Å². The Hall–Kier alpha value is -3.83. The largest absolute Gasteiger partial charge is 0.493 e. The molecule has 244 valence electrons. The van der Waals surface area contributed by atoms with Gasteiger partial charge in [0, 0.05) is 64.0 Å². The molecule has 3 amide bonds. The fourth-order valence-corrected chi connectivity index (χ4v) is 6.08. The van der Waals surface area contributed by atoms with E-state index in [1.54, 1.807) is 32.4 Å². The fraction of sp³-hybridized carbons (Fsp3) is 0.559. The minimum absolute atomic E-state index is 0.00201. The van der Waals surface area contributed by atoms with E-state index in [9.17, 15) is 14.4 Å². The zero-order valence-electron chi connectivity index (χ0n) is 26.8. The van der Waals surface area contributed by atoms with Crippen molar-refractivity contribution in [3.8, 4) is 17.2 Å². The third kappa shape index (κ3) is 8.26. The zero-order valence-corrected chi connectivity index (χ0v) is 26.8. The predicted octanol–water partition coefficient (Wildman–Crippen LogP) is 3.36. The van der Waals surface area contributed by atoms with Crippen molar-refractivity contribution in [2.24, 2.45) is 11.8 Å². The quantitative estimate of drug-likeness (QED) is 0.291. The first-order valence-corrected chi connectivity index (χ1v) is 15.9. The van der Waals surface area contributed by atoms with Crippen molar-refractivity contribution in [2.45, 2.75) is 51.6 Å². The fourth-order valence-electron chi connectivity index (χ4n) is 6.08. The lowest BCUT2D eigenvalue weighted by atomic mass is 9.93. The molecule has 2 fully saturated rings. The number of carbonyl (C=O) groups excluding carboxylic acids is 3. The molecule has 2 atom stereocenters. The molecule has 2 N–H and O–H groups in total. The number of anilines is 1. The number of carbonyl (C=O) groups is 3. The summed E-state index contributed by atoms with van der Waals surface area (Å²) in [5.41, 5.74) is 2.00. The standard InChI is InChI=1S/C34H46N4O7/c1-22(2)37(34(41)24-7-11-30(43-4)31(16-24)44-13-5-12-42-3)19-25-17-35-18-26(25)20-38(27-8-9-27)33(40)15-23-6-10-29-28(14-23)36-32(39)21-45-29/h6-7,10-11,14,16,22,25-27,35H,5,8-9,12-13,15,17-21H2,1-4H3,(H,36,39)/t25-,26+/m0/s1. The summed E-state index contributed by atoms with van der Waals surface area (Å²) >= 11 is 0. The van der Waals surface area contributed by atoms with Gasteiger partial charge in [0.25, 0.3) is 11.8 Å². The lowest BCUT2D eigenvalue weighted by Crippen LogP contribution is -2.45. The summed E-state index contributed by atoms with van der Waals surface area (Å²) in [6, 6.07) is 11.1. The van der Waals surface area contributed by atoms with Crippen molar-refractivity contribution in [3.05, 3.63) is 47.5 Å². The molecule has 11 nitrogen and oxygen atoms in total. The van der Waals surface area contributed by atoms with Crippen LogP contribution in [-0.4, -0.2) is 99.8 Å². The number of benzene rings is 2. The average molecular weight is 623 g/mol. The van der Waals surface area contributed by atoms with E-state index >= 15 is 0 Å². The van der Waals surface area contributed by atoms with Gasteiger partial charge in [0.2, 0.25) is 5.91 Å². The Balaban J connectivity index is 1.24. The minimum Gasteiger partial charge on any atom is -0.493 e. The highest BCUT2D eigenvalue weighted by Crippen LogP contribution is 2.33. The lowest BCUT2D eigenvalue weighted by Gasteiger charge is -2.34. The SMILES string of the molecule is COCCCOc1cc(C(=O)N(C[C@@H]2CNC[C@@H]2CN(C(=O)Cc2ccc3c(c2)NC(=O)CO3)C2CC2)C(C)C)ccc1OC. The molecule has 2 aromatic rings. The highest BCUT2D eigenvalue weighted by Gasteiger charge is 2.38. The minimum atomic E-state index is -0.196. The highest BCUT2D eigenvalue weighted by molar-refractivity contribution is 5.96. The molecule has 2 aliphatic heterocycles. The van der Waals surface area contributed by atoms with Gasteiger partial charge in [0.05, 0.1) is 25.8 Å². The molecule has 45 heavy (non-hydrogen) atoms. The molecule has 0 bridgehead atoms. The number of nitrogens with one attached hydrogen (secondary N) is 2. The lowest BCUT2D eigenvalue weighted by molar-refractivity contribution is -0.131. The summed E-state index contributed by atoms with van der Waals surface area (Å²) in [6.45, 7) is 7.93. The van der Waals surface area contributed by atoms with Gasteiger partial charge in [-0.2, -0.15) is 0 Å². The third-order valence-electron chi connectivity index (χ3n) is 8.73. The van der Waals surface area contributed by atoms with Crippen LogP contribution in [0, 0.1) is 11.8 Å². The molecule has 11 heteroatoms. The highest BCUT2D eigenvalue weighted by atomic mass is 16.5. The van der Waals surface area contributed by atoms with E-state index in [1.807, 2.05) is 41.8 Å². The zero-order chi connectivity index (χ0) is 31.9. The monoisotopic (exact) mass is 622 g/mol. The Morgan fingerprint density at radius 3 is 2.49 bits per heavy atom. The summed E-state index contributed by atoms with van der Waals surface area (Å²) in [7, 11) is 3.24. The van der Waals surface area contributed by atoms with Gasteiger partial charge in [-0.05, 0) is 74.4 Å². The van der Waals surface area contributed by atoms with Crippen LogP contribution in [0.3, 0.4) is 0 Å². The number of hydrogen-bond acceptors (Lipinski definition) is 8. The first kappa shape index (κ1) is 32.6. The van der Waals surface area contributed by atoms with Crippen LogP contribution in [0.15, 0.2) is 36.4 Å². The summed E-state index contributed by atoms with van der Waals surface area (Å²) in [6.07, 6.45) is 3.00. The van der Waals surface area contributed by atoms with Gasteiger partial charge in [0.1, 0.15) is 5.75 Å². The number of nitrogens with zero attached hydrogens (tertiary/aromatic N) is 2. The van der Waals surface area contributed by atoms with Crippen molar-refractivity contribution >= 4 is 23.4 Å². The maximum atomic E-state index is 13.9. The number of methoxy groups -OCH3 is 2. The van der Waals surface area contributed by atoms with Crippen molar-refractivity contribution in [1.29, 1.82) is 0 Å². The molecule has 1 saturated carbocycles. The molecule has 3 aliphatic rings. The summed E-state index contributed by atoms with van der Waals surface area (Å²) < 4.78 is 22.0. The van der Waals surface area contributed by atoms with Gasteiger partial charge < -0.3 is 39.4 Å². The van der Waals surface area contributed by atoms with E-state index in [2.05, 4.69) is 10.6 Å². The third-order valence-corrected chi connectivity index (χ3v) is 8.73. The molecule has 0 radical (unpaired) electrons. The number of hydrogen-bond donors (Lipinski definition) is 2. The smallest absolute Gasteiger partial charge is 0.262 e. The van der Waals surface area contributed by atoms with Crippen molar-refractivity contribution < 1.29 is 33.3 Å². The first-order chi connectivity index (χ1) is 21.8. The van der Waals surface area contributed by atoms with Crippen LogP contribution in [0.2, 0.25) is 0 Å². The topological polar surface area (TPSA) is 119 Å². The van der Waals surface area contributed by atoms with Gasteiger partial charge in [-0.15, -0.1) is 0 Å². The van der Waals surface area contributed by atoms with Gasteiger partial charge in [-0.3, -0.25) is 14.4 Å². The molecule has 2 heterocycles. The van der Waals surface area contributed by atoms with Crippen LogP contribution < -0.4 is 24.8 Å². The van der Waals surface area contributed by atoms with E-state index in [-0.39, 0.29) is 54.7 Å². The van der Waals surface area contributed by atoms with E-state index in [0.717, 1.165) is 37.9 Å². The van der Waals surface area contributed by atoms with Crippen LogP contribution in [0.1, 0.15) is 49.0 Å². The van der Waals surface area contributed by atoms with Crippen molar-refractivity contribution in [3.63, 3.8) is 0 Å². The molecular formula is C34H46N4O7. The average Bonchev–Trinajstić information content (AvgIpc) is 3.78. The predicted molar refractivity (Wildman–Crippen MR) is 170 cm³/mol. The van der Waals surface area contributed by atoms with E-state index < -0.39 is 0 Å². The molecule has 5 rings (SSSR count). The second-order valence-electron chi connectivity index (χ2n) is 12.4. The molecular weight excluding hydrogens is 576 g/mol. The number of rotatable bonds is 15. The van der Waals surface area contributed by atoms with Crippen molar-refractivity contribution in [2.75, 3.05) is 65.5 Å². The van der Waals surface area contributed by atoms with Crippen LogP contribution in [0.4, 0.5) is 5.69 Å². The van der Waals surface area contributed by atoms with Gasteiger partial charge in [0.15, 0.2) is 18.1 Å². The Kier molecular flexibility index (Phi) is 10.8. The Labute approximate surface area is 265 Å². The van der Waals surface area contributed by atoms with Gasteiger partial charge >= 0.3 is 0 Å².